The fraction of sp³-hybridized carbons (Fsp3) is 0.727. The summed E-state index contributed by atoms with van der Waals surface area (Å²) in [7, 11) is 1.62. The van der Waals surface area contributed by atoms with E-state index in [1.54, 1.807) is 23.0 Å². The predicted octanol–water partition coefficient (Wildman–Crippen LogP) is 2.71. The zero-order chi connectivity index (χ0) is 23.8. The van der Waals surface area contributed by atoms with Crippen LogP contribution in [0.15, 0.2) is 6.07 Å². The van der Waals surface area contributed by atoms with Gasteiger partial charge in [-0.2, -0.15) is 5.10 Å². The molecule has 1 aromatic heterocycles. The summed E-state index contributed by atoms with van der Waals surface area (Å²) in [5, 5.41) is 8.45. The summed E-state index contributed by atoms with van der Waals surface area (Å²) in [6.45, 7) is 13.7. The molecule has 1 aromatic rings. The molecule has 2 atom stereocenters. The molecule has 2 aliphatic rings. The molecule has 2 aliphatic heterocycles. The predicted molar refractivity (Wildman–Crippen MR) is 122 cm³/mol. The second-order valence-corrected chi connectivity index (χ2v) is 10.7. The average molecular weight is 468 g/mol. The lowest BCUT2D eigenvalue weighted by molar-refractivity contribution is -0.121. The molecule has 0 aromatic carbocycles. The van der Waals surface area contributed by atoms with Gasteiger partial charge in [-0.15, -0.1) is 5.10 Å². The van der Waals surface area contributed by atoms with Crippen molar-refractivity contribution >= 4 is 29.3 Å². The number of carbonyl (C=O) groups is 2. The number of halogens is 1. The first-order valence-electron chi connectivity index (χ1n) is 10.9. The molecule has 32 heavy (non-hydrogen) atoms. The number of carbonyl (C=O) groups excluding carboxylic acids is 2. The molecule has 0 aliphatic carbocycles. The Morgan fingerprint density at radius 3 is 2.56 bits per heavy atom. The molecule has 0 spiro atoms. The van der Waals surface area contributed by atoms with E-state index in [2.05, 4.69) is 15.1 Å². The molecular formula is C22H34ClN5O4. The lowest BCUT2D eigenvalue weighted by atomic mass is 9.92. The van der Waals surface area contributed by atoms with Crippen LogP contribution in [0, 0.1) is 0 Å². The van der Waals surface area contributed by atoms with Crippen LogP contribution in [0.2, 0.25) is 5.15 Å². The Morgan fingerprint density at radius 1 is 1.25 bits per heavy atom. The van der Waals surface area contributed by atoms with Crippen LogP contribution in [0.1, 0.15) is 47.2 Å². The van der Waals surface area contributed by atoms with E-state index >= 15 is 0 Å². The van der Waals surface area contributed by atoms with Crippen LogP contribution >= 0.6 is 11.6 Å². The Morgan fingerprint density at radius 2 is 1.94 bits per heavy atom. The van der Waals surface area contributed by atoms with E-state index in [0.29, 0.717) is 31.9 Å². The van der Waals surface area contributed by atoms with Crippen molar-refractivity contribution in [1.82, 2.24) is 20.0 Å². The number of aromatic nitrogens is 2. The molecule has 0 bridgehead atoms. The van der Waals surface area contributed by atoms with Gasteiger partial charge in [-0.25, -0.2) is 4.79 Å². The highest BCUT2D eigenvalue weighted by Gasteiger charge is 2.42. The molecule has 1 saturated heterocycles. The summed E-state index contributed by atoms with van der Waals surface area (Å²) in [5.41, 5.74) is 0.605. The first-order valence-corrected chi connectivity index (χ1v) is 11.3. The van der Waals surface area contributed by atoms with Gasteiger partial charge in [0.1, 0.15) is 5.60 Å². The van der Waals surface area contributed by atoms with Gasteiger partial charge >= 0.3 is 6.09 Å². The summed E-state index contributed by atoms with van der Waals surface area (Å²) in [6.07, 6.45) is -0.347. The number of ether oxygens (including phenoxy) is 2. The molecule has 9 nitrogen and oxygen atoms in total. The van der Waals surface area contributed by atoms with Crippen LogP contribution in [0.4, 0.5) is 10.5 Å². The van der Waals surface area contributed by atoms with Crippen LogP contribution < -0.4 is 4.90 Å². The normalized spacial score (nSPS) is 23.2. The summed E-state index contributed by atoms with van der Waals surface area (Å²) < 4.78 is 11.0. The van der Waals surface area contributed by atoms with Gasteiger partial charge in [0.15, 0.2) is 5.15 Å². The van der Waals surface area contributed by atoms with Gasteiger partial charge in [-0.05, 0) is 27.7 Å². The van der Waals surface area contributed by atoms with E-state index in [-0.39, 0.29) is 41.2 Å². The van der Waals surface area contributed by atoms with E-state index in [0.717, 1.165) is 5.69 Å². The maximum Gasteiger partial charge on any atom is 0.410 e. The molecule has 3 heterocycles. The van der Waals surface area contributed by atoms with Crippen molar-refractivity contribution in [3.8, 4) is 0 Å². The minimum Gasteiger partial charge on any atom is -0.444 e. The first kappa shape index (κ1) is 24.7. The number of hydrogen-bond acceptors (Lipinski definition) is 7. The Balaban J connectivity index is 1.75. The second kappa shape index (κ2) is 9.11. The van der Waals surface area contributed by atoms with Gasteiger partial charge in [0.05, 0.1) is 30.6 Å². The van der Waals surface area contributed by atoms with E-state index in [1.165, 1.54) is 0 Å². The number of amides is 2. The molecular weight excluding hydrogens is 434 g/mol. The van der Waals surface area contributed by atoms with Crippen molar-refractivity contribution in [3.05, 3.63) is 16.9 Å². The van der Waals surface area contributed by atoms with Gasteiger partial charge in [0.25, 0.3) is 0 Å². The zero-order valence-electron chi connectivity index (χ0n) is 20.0. The maximum absolute atomic E-state index is 13.4. The van der Waals surface area contributed by atoms with Crippen molar-refractivity contribution in [2.75, 3.05) is 44.8 Å². The van der Waals surface area contributed by atoms with Crippen LogP contribution in [-0.4, -0.2) is 89.6 Å². The summed E-state index contributed by atoms with van der Waals surface area (Å²) in [6, 6.07) is 1.47. The van der Waals surface area contributed by atoms with Crippen LogP contribution in [-0.2, 0) is 19.7 Å². The van der Waals surface area contributed by atoms with Crippen LogP contribution in [0.5, 0.6) is 0 Å². The maximum atomic E-state index is 13.4. The SMILES string of the molecule is COC[C@H]1CN(C(=O)OC(C)(C)C)[C@H](C)CN1CC(=O)N1CC(C)(C)c2nnc(Cl)cc21. The molecule has 1 fully saturated rings. The second-order valence-electron chi connectivity index (χ2n) is 10.3. The summed E-state index contributed by atoms with van der Waals surface area (Å²) in [5.74, 6) is -0.0417. The number of rotatable bonds is 4. The van der Waals surface area contributed by atoms with E-state index in [4.69, 9.17) is 21.1 Å². The minimum atomic E-state index is -0.569. The minimum absolute atomic E-state index is 0.0417. The lowest BCUT2D eigenvalue weighted by Gasteiger charge is -2.45. The van der Waals surface area contributed by atoms with Gasteiger partial charge in [0, 0.05) is 44.3 Å². The highest BCUT2D eigenvalue weighted by Crippen LogP contribution is 2.39. The number of anilines is 1. The van der Waals surface area contributed by atoms with Crippen LogP contribution in [0.25, 0.3) is 0 Å². The summed E-state index contributed by atoms with van der Waals surface area (Å²) in [4.78, 5) is 31.6. The first-order chi connectivity index (χ1) is 14.8. The smallest absolute Gasteiger partial charge is 0.410 e. The average Bonchev–Trinajstić information content (AvgIpc) is 2.92. The number of fused-ring (bicyclic) bond motifs is 1. The Kier molecular flexibility index (Phi) is 7.02. The fourth-order valence-electron chi connectivity index (χ4n) is 4.31. The van der Waals surface area contributed by atoms with Crippen molar-refractivity contribution in [2.45, 2.75) is 64.6 Å². The Bertz CT molecular complexity index is 872. The molecule has 2 amide bonds. The standard InChI is InChI=1S/C22H34ClN5O4/c1-14-9-26(15(12-31-7)10-27(14)20(30)32-21(2,3)4)11-18(29)28-13-22(5,6)19-16(28)8-17(23)24-25-19/h8,14-15H,9-13H2,1-7H3/t14-,15-/m1/s1. The number of nitrogens with zero attached hydrogens (tertiary/aromatic N) is 5. The lowest BCUT2D eigenvalue weighted by Crippen LogP contribution is -2.62. The molecule has 0 N–H and O–H groups in total. The molecule has 10 heteroatoms. The fourth-order valence-corrected chi connectivity index (χ4v) is 4.45. The highest BCUT2D eigenvalue weighted by molar-refractivity contribution is 6.29. The van der Waals surface area contributed by atoms with E-state index in [9.17, 15) is 9.59 Å². The van der Waals surface area contributed by atoms with Gasteiger partial charge in [0.2, 0.25) is 5.91 Å². The van der Waals surface area contributed by atoms with Gasteiger partial charge in [-0.1, -0.05) is 25.4 Å². The third kappa shape index (κ3) is 5.32. The quantitative estimate of drug-likeness (QED) is 0.672. The van der Waals surface area contributed by atoms with E-state index < -0.39 is 5.60 Å². The van der Waals surface area contributed by atoms with Gasteiger partial charge in [-0.3, -0.25) is 9.69 Å². The molecule has 178 valence electrons. The molecule has 3 rings (SSSR count). The monoisotopic (exact) mass is 467 g/mol. The van der Waals surface area contributed by atoms with Crippen LogP contribution in [0.3, 0.4) is 0 Å². The van der Waals surface area contributed by atoms with E-state index in [1.807, 2.05) is 41.5 Å². The Labute approximate surface area is 195 Å². The summed E-state index contributed by atoms with van der Waals surface area (Å²) >= 11 is 6.07. The van der Waals surface area contributed by atoms with Crippen molar-refractivity contribution in [2.24, 2.45) is 0 Å². The Hall–Kier alpha value is -1.97. The number of hydrogen-bond donors (Lipinski definition) is 0. The highest BCUT2D eigenvalue weighted by atomic mass is 35.5. The molecule has 0 saturated carbocycles. The topological polar surface area (TPSA) is 88.1 Å². The molecule has 0 radical (unpaired) electrons. The number of methoxy groups -OCH3 is 1. The van der Waals surface area contributed by atoms with Crippen molar-refractivity contribution in [1.29, 1.82) is 0 Å². The van der Waals surface area contributed by atoms with Crippen molar-refractivity contribution in [3.63, 3.8) is 0 Å². The number of piperazine rings is 1. The third-order valence-corrected chi connectivity index (χ3v) is 6.00. The largest absolute Gasteiger partial charge is 0.444 e. The molecule has 0 unspecified atom stereocenters. The third-order valence-electron chi connectivity index (χ3n) is 5.81. The van der Waals surface area contributed by atoms with Gasteiger partial charge < -0.3 is 19.3 Å². The van der Waals surface area contributed by atoms with Crippen molar-refractivity contribution < 1.29 is 19.1 Å². The zero-order valence-corrected chi connectivity index (χ0v) is 20.8.